The summed E-state index contributed by atoms with van der Waals surface area (Å²) in [4.78, 5) is 16.2. The Morgan fingerprint density at radius 3 is 2.46 bits per heavy atom. The number of nitrogens with one attached hydrogen (secondary N) is 1. The fourth-order valence-electron chi connectivity index (χ4n) is 2.45. The van der Waals surface area contributed by atoms with Crippen LogP contribution in [0.2, 0.25) is 5.02 Å². The van der Waals surface area contributed by atoms with Crippen LogP contribution >= 0.6 is 22.9 Å². The van der Waals surface area contributed by atoms with E-state index in [1.165, 1.54) is 30.4 Å². The van der Waals surface area contributed by atoms with Crippen LogP contribution in [0.4, 0.5) is 0 Å². The molecule has 0 aliphatic heterocycles. The van der Waals surface area contributed by atoms with Gasteiger partial charge >= 0.3 is 5.97 Å². The molecule has 0 amide bonds. The smallest absolute Gasteiger partial charge is 0.336 e. The maximum absolute atomic E-state index is 12.7. The molecule has 2 N–H and O–H groups in total. The molecule has 0 bridgehead atoms. The molecule has 0 spiro atoms. The van der Waals surface area contributed by atoms with Crippen molar-refractivity contribution in [1.82, 2.24) is 9.71 Å². The Balaban J connectivity index is 2.44. The van der Waals surface area contributed by atoms with E-state index < -0.39 is 22.0 Å². The molecule has 2 rings (SSSR count). The number of aromatic nitrogens is 1. The fourth-order valence-corrected chi connectivity index (χ4v) is 5.25. The van der Waals surface area contributed by atoms with Gasteiger partial charge < -0.3 is 5.11 Å². The maximum atomic E-state index is 12.7. The number of benzene rings is 1. The molecular formula is C15H17ClN2O4S2. The van der Waals surface area contributed by atoms with Crippen LogP contribution < -0.4 is 4.72 Å². The number of hydrogen-bond acceptors (Lipinski definition) is 5. The van der Waals surface area contributed by atoms with Crippen molar-refractivity contribution in [2.24, 2.45) is 0 Å². The molecule has 130 valence electrons. The molecule has 24 heavy (non-hydrogen) atoms. The summed E-state index contributed by atoms with van der Waals surface area (Å²) in [6.07, 6.45) is 0. The third kappa shape index (κ3) is 3.77. The van der Waals surface area contributed by atoms with E-state index in [-0.39, 0.29) is 21.0 Å². The molecule has 1 atom stereocenters. The molecule has 0 saturated carbocycles. The molecule has 1 heterocycles. The summed E-state index contributed by atoms with van der Waals surface area (Å²) in [7, 11) is -3.94. The molecule has 2 aromatic rings. The number of nitrogens with zero attached hydrogens (tertiary/aromatic N) is 1. The number of carbonyl (C=O) groups is 1. The van der Waals surface area contributed by atoms with E-state index in [4.69, 9.17) is 11.6 Å². The molecule has 0 saturated heterocycles. The number of aryl methyl sites for hydroxylation is 2. The zero-order valence-electron chi connectivity index (χ0n) is 13.5. The largest absolute Gasteiger partial charge is 0.478 e. The lowest BCUT2D eigenvalue weighted by Crippen LogP contribution is -2.28. The quantitative estimate of drug-likeness (QED) is 0.817. The van der Waals surface area contributed by atoms with Crippen LogP contribution in [-0.4, -0.2) is 24.5 Å². The van der Waals surface area contributed by atoms with Gasteiger partial charge in [-0.2, -0.15) is 0 Å². The lowest BCUT2D eigenvalue weighted by Gasteiger charge is -2.16. The van der Waals surface area contributed by atoms with Crippen molar-refractivity contribution < 1.29 is 18.3 Å². The first-order valence-electron chi connectivity index (χ1n) is 7.02. The minimum absolute atomic E-state index is 0.0517. The highest BCUT2D eigenvalue weighted by Crippen LogP contribution is 2.29. The van der Waals surface area contributed by atoms with E-state index in [9.17, 15) is 18.3 Å². The minimum Gasteiger partial charge on any atom is -0.478 e. The zero-order valence-corrected chi connectivity index (χ0v) is 15.9. The number of rotatable bonds is 5. The molecule has 0 aliphatic carbocycles. The summed E-state index contributed by atoms with van der Waals surface area (Å²) < 4.78 is 28.0. The number of carboxylic acids is 1. The molecule has 1 aromatic carbocycles. The van der Waals surface area contributed by atoms with Gasteiger partial charge in [-0.3, -0.25) is 0 Å². The Hall–Kier alpha value is -1.48. The van der Waals surface area contributed by atoms with Crippen LogP contribution in [0.1, 0.15) is 44.5 Å². The van der Waals surface area contributed by atoms with Crippen molar-refractivity contribution in [3.05, 3.63) is 43.9 Å². The van der Waals surface area contributed by atoms with Gasteiger partial charge in [0.25, 0.3) is 0 Å². The summed E-state index contributed by atoms with van der Waals surface area (Å²) in [5.74, 6) is -1.23. The molecule has 0 radical (unpaired) electrons. The van der Waals surface area contributed by atoms with E-state index in [1.807, 2.05) is 13.8 Å². The van der Waals surface area contributed by atoms with Crippen molar-refractivity contribution in [3.63, 3.8) is 0 Å². The highest BCUT2D eigenvalue weighted by atomic mass is 35.5. The van der Waals surface area contributed by atoms with Crippen LogP contribution in [0.25, 0.3) is 0 Å². The second-order valence-electron chi connectivity index (χ2n) is 5.41. The van der Waals surface area contributed by atoms with Gasteiger partial charge in [-0.25, -0.2) is 22.9 Å². The van der Waals surface area contributed by atoms with Crippen LogP contribution in [0.15, 0.2) is 17.0 Å². The van der Waals surface area contributed by atoms with Gasteiger partial charge in [-0.05, 0) is 45.4 Å². The average molecular weight is 389 g/mol. The Morgan fingerprint density at radius 2 is 1.96 bits per heavy atom. The SMILES string of the molecule is Cc1nc(C)c(C(C)NS(=O)(=O)c2cc(Cl)cc(C(=O)O)c2C)s1. The standard InChI is InChI=1S/C15H17ClN2O4S2/c1-7-12(15(19)20)5-11(16)6-13(7)24(21,22)18-9(3)14-8(2)17-10(4)23-14/h5-6,9,18H,1-4H3,(H,19,20). The van der Waals surface area contributed by atoms with Gasteiger partial charge in [0.2, 0.25) is 10.0 Å². The molecule has 1 unspecified atom stereocenters. The third-order valence-electron chi connectivity index (χ3n) is 3.51. The first-order chi connectivity index (χ1) is 11.0. The Kier molecular flexibility index (Phi) is 5.34. The number of halogens is 1. The highest BCUT2D eigenvalue weighted by Gasteiger charge is 2.25. The normalized spacial score (nSPS) is 13.0. The minimum atomic E-state index is -3.94. The lowest BCUT2D eigenvalue weighted by molar-refractivity contribution is 0.0696. The Morgan fingerprint density at radius 1 is 1.33 bits per heavy atom. The van der Waals surface area contributed by atoms with E-state index >= 15 is 0 Å². The Labute approximate surface area is 149 Å². The second kappa shape index (κ2) is 6.79. The van der Waals surface area contributed by atoms with E-state index in [0.717, 1.165) is 15.6 Å². The first-order valence-corrected chi connectivity index (χ1v) is 9.70. The number of carboxylic acid groups (broad SMARTS) is 1. The summed E-state index contributed by atoms with van der Waals surface area (Å²) in [5, 5.41) is 10.1. The van der Waals surface area contributed by atoms with Crippen LogP contribution in [-0.2, 0) is 10.0 Å². The van der Waals surface area contributed by atoms with E-state index in [1.54, 1.807) is 6.92 Å². The van der Waals surface area contributed by atoms with Gasteiger partial charge in [0, 0.05) is 9.90 Å². The number of sulfonamides is 1. The van der Waals surface area contributed by atoms with Gasteiger partial charge in [0.15, 0.2) is 0 Å². The summed E-state index contributed by atoms with van der Waals surface area (Å²) in [5.41, 5.74) is 0.769. The predicted molar refractivity (Wildman–Crippen MR) is 93.5 cm³/mol. The van der Waals surface area contributed by atoms with Crippen molar-refractivity contribution in [1.29, 1.82) is 0 Å². The van der Waals surface area contributed by atoms with Crippen molar-refractivity contribution in [2.75, 3.05) is 0 Å². The summed E-state index contributed by atoms with van der Waals surface area (Å²) in [6, 6.07) is 1.99. The van der Waals surface area contributed by atoms with E-state index in [0.29, 0.717) is 0 Å². The molecule has 1 aromatic heterocycles. The highest BCUT2D eigenvalue weighted by molar-refractivity contribution is 7.89. The molecule has 6 nitrogen and oxygen atoms in total. The third-order valence-corrected chi connectivity index (χ3v) is 6.65. The Bertz CT molecular complexity index is 906. The summed E-state index contributed by atoms with van der Waals surface area (Å²) >= 11 is 7.31. The van der Waals surface area contributed by atoms with Crippen molar-refractivity contribution >= 4 is 38.9 Å². The number of thiazole rings is 1. The van der Waals surface area contributed by atoms with Gasteiger partial charge in [0.1, 0.15) is 0 Å². The van der Waals surface area contributed by atoms with Crippen LogP contribution in [0.3, 0.4) is 0 Å². The first kappa shape index (κ1) is 18.9. The number of aromatic carboxylic acids is 1. The second-order valence-corrected chi connectivity index (χ2v) is 8.76. The molecule has 0 fully saturated rings. The van der Waals surface area contributed by atoms with Gasteiger partial charge in [-0.1, -0.05) is 11.6 Å². The average Bonchev–Trinajstić information content (AvgIpc) is 2.79. The topological polar surface area (TPSA) is 96.4 Å². The fraction of sp³-hybridized carbons (Fsp3) is 0.333. The molecular weight excluding hydrogens is 372 g/mol. The zero-order chi connectivity index (χ0) is 18.2. The van der Waals surface area contributed by atoms with Crippen LogP contribution in [0.5, 0.6) is 0 Å². The molecule has 9 heteroatoms. The van der Waals surface area contributed by atoms with Gasteiger partial charge in [-0.15, -0.1) is 11.3 Å². The predicted octanol–water partition coefficient (Wildman–Crippen LogP) is 3.46. The maximum Gasteiger partial charge on any atom is 0.336 e. The monoisotopic (exact) mass is 388 g/mol. The van der Waals surface area contributed by atoms with Crippen molar-refractivity contribution in [2.45, 2.75) is 38.6 Å². The lowest BCUT2D eigenvalue weighted by atomic mass is 10.1. The molecule has 0 aliphatic rings. The van der Waals surface area contributed by atoms with E-state index in [2.05, 4.69) is 9.71 Å². The van der Waals surface area contributed by atoms with Gasteiger partial charge in [0.05, 0.1) is 27.2 Å². The summed E-state index contributed by atoms with van der Waals surface area (Å²) in [6.45, 7) is 6.83. The van der Waals surface area contributed by atoms with Crippen molar-refractivity contribution in [3.8, 4) is 0 Å². The number of hydrogen-bond donors (Lipinski definition) is 2. The van der Waals surface area contributed by atoms with Crippen LogP contribution in [0, 0.1) is 20.8 Å².